The van der Waals surface area contributed by atoms with Crippen molar-refractivity contribution < 1.29 is 29.8 Å². The number of imide groups is 1. The molecule has 1 heterocycles. The van der Waals surface area contributed by atoms with Gasteiger partial charge in [-0.2, -0.15) is 0 Å². The minimum absolute atomic E-state index is 0.0532. The van der Waals surface area contributed by atoms with Crippen LogP contribution in [0.5, 0.6) is 5.75 Å². The van der Waals surface area contributed by atoms with Crippen molar-refractivity contribution in [2.45, 2.75) is 38.7 Å². The van der Waals surface area contributed by atoms with Gasteiger partial charge in [0.15, 0.2) is 0 Å². The van der Waals surface area contributed by atoms with Gasteiger partial charge in [0.05, 0.1) is 40.2 Å². The van der Waals surface area contributed by atoms with Crippen LogP contribution in [0.4, 0.5) is 11.4 Å². The SMILES string of the molecule is CCC1=C([C@H](O)CC/C(=C/c2ccc(O)cc2Cl)c2ccccc2)[C@H](CO)[C@@H]2C(=O)N(c3cccc([N+](=O)[O-])c3)C(=O)[C@@H]2C1. The molecule has 0 radical (unpaired) electrons. The number of anilines is 1. The summed E-state index contributed by atoms with van der Waals surface area (Å²) in [4.78, 5) is 39.1. The topological polar surface area (TPSA) is 141 Å². The summed E-state index contributed by atoms with van der Waals surface area (Å²) in [5.74, 6) is -3.36. The first-order valence-corrected chi connectivity index (χ1v) is 14.9. The average molecular weight is 617 g/mol. The zero-order valence-corrected chi connectivity index (χ0v) is 24.9. The van der Waals surface area contributed by atoms with Crippen LogP contribution in [0.2, 0.25) is 5.02 Å². The number of phenols is 1. The van der Waals surface area contributed by atoms with Crippen LogP contribution in [0.25, 0.3) is 11.6 Å². The van der Waals surface area contributed by atoms with Gasteiger partial charge in [-0.05, 0) is 78.3 Å². The Labute approximate surface area is 259 Å². The van der Waals surface area contributed by atoms with Crippen molar-refractivity contribution in [2.75, 3.05) is 11.5 Å². The van der Waals surface area contributed by atoms with Gasteiger partial charge in [0.2, 0.25) is 11.8 Å². The lowest BCUT2D eigenvalue weighted by Crippen LogP contribution is -2.39. The largest absolute Gasteiger partial charge is 0.508 e. The Morgan fingerprint density at radius 1 is 1.09 bits per heavy atom. The fraction of sp³-hybridized carbons (Fsp3) is 0.294. The van der Waals surface area contributed by atoms with E-state index in [0.717, 1.165) is 21.6 Å². The van der Waals surface area contributed by atoms with E-state index in [9.17, 15) is 35.0 Å². The fourth-order valence-electron chi connectivity index (χ4n) is 6.52. The van der Waals surface area contributed by atoms with E-state index in [0.29, 0.717) is 29.0 Å². The highest BCUT2D eigenvalue weighted by Gasteiger charge is 2.55. The predicted molar refractivity (Wildman–Crippen MR) is 168 cm³/mol. The van der Waals surface area contributed by atoms with E-state index in [1.165, 1.54) is 30.3 Å². The molecule has 5 rings (SSSR count). The molecule has 1 fully saturated rings. The van der Waals surface area contributed by atoms with Crippen molar-refractivity contribution in [1.29, 1.82) is 0 Å². The standard InChI is InChI=1S/C34H33ClN2O7/c1-2-20-16-27-32(34(42)36(33(27)41)24-9-6-10-25(17-24)37(43)44)28(19-38)31(20)30(40)14-12-22(21-7-4-3-5-8-21)15-23-11-13-26(39)18-29(23)35/h3-11,13,15,17-18,27-28,30,32,38-40H,2,12,14,16,19H2,1H3/b22-15-/t27-,28+,30-,32-/m1/s1. The van der Waals surface area contributed by atoms with Gasteiger partial charge in [-0.25, -0.2) is 4.90 Å². The first-order valence-electron chi connectivity index (χ1n) is 14.5. The molecule has 1 saturated heterocycles. The summed E-state index contributed by atoms with van der Waals surface area (Å²) in [6.07, 6.45) is 2.40. The summed E-state index contributed by atoms with van der Waals surface area (Å²) in [7, 11) is 0. The van der Waals surface area contributed by atoms with Gasteiger partial charge >= 0.3 is 0 Å². The third-order valence-corrected chi connectivity index (χ3v) is 8.94. The molecule has 44 heavy (non-hydrogen) atoms. The molecule has 3 aromatic carbocycles. The Bertz CT molecular complexity index is 1650. The molecule has 0 saturated carbocycles. The quantitative estimate of drug-likeness (QED) is 0.0814. The number of allylic oxidation sites excluding steroid dienone is 2. The second-order valence-corrected chi connectivity index (χ2v) is 11.5. The van der Waals surface area contributed by atoms with Crippen LogP contribution < -0.4 is 4.90 Å². The number of hydrogen-bond acceptors (Lipinski definition) is 7. The van der Waals surface area contributed by atoms with E-state index in [-0.39, 0.29) is 30.0 Å². The molecular weight excluding hydrogens is 584 g/mol. The van der Waals surface area contributed by atoms with Crippen LogP contribution in [-0.2, 0) is 9.59 Å². The number of benzene rings is 3. The molecule has 3 N–H and O–H groups in total. The molecule has 228 valence electrons. The smallest absolute Gasteiger partial charge is 0.271 e. The lowest BCUT2D eigenvalue weighted by molar-refractivity contribution is -0.384. The molecular formula is C34H33ClN2O7. The number of aliphatic hydroxyl groups is 2. The van der Waals surface area contributed by atoms with Crippen LogP contribution in [0.1, 0.15) is 43.7 Å². The molecule has 9 nitrogen and oxygen atoms in total. The second-order valence-electron chi connectivity index (χ2n) is 11.1. The minimum Gasteiger partial charge on any atom is -0.508 e. The zero-order chi connectivity index (χ0) is 31.5. The van der Waals surface area contributed by atoms with Crippen LogP contribution in [0.3, 0.4) is 0 Å². The number of rotatable bonds is 10. The number of aliphatic hydroxyl groups excluding tert-OH is 2. The van der Waals surface area contributed by atoms with Gasteiger partial charge in [0.25, 0.3) is 5.69 Å². The van der Waals surface area contributed by atoms with Crippen molar-refractivity contribution >= 4 is 46.4 Å². The van der Waals surface area contributed by atoms with Gasteiger partial charge in [-0.15, -0.1) is 0 Å². The number of nitro benzene ring substituents is 1. The lowest BCUT2D eigenvalue weighted by atomic mass is 9.67. The van der Waals surface area contributed by atoms with E-state index in [1.54, 1.807) is 12.1 Å². The molecule has 0 aromatic heterocycles. The number of non-ortho nitro benzene ring substituents is 1. The van der Waals surface area contributed by atoms with Crippen molar-refractivity contribution in [2.24, 2.45) is 17.8 Å². The van der Waals surface area contributed by atoms with Gasteiger partial charge in [0, 0.05) is 18.1 Å². The number of fused-ring (bicyclic) bond motifs is 1. The van der Waals surface area contributed by atoms with E-state index >= 15 is 0 Å². The Balaban J connectivity index is 1.44. The summed E-state index contributed by atoms with van der Waals surface area (Å²) in [6, 6.07) is 19.8. The number of nitrogens with zero attached hydrogens (tertiary/aromatic N) is 2. The van der Waals surface area contributed by atoms with Crippen molar-refractivity contribution in [3.05, 3.63) is 110 Å². The molecule has 10 heteroatoms. The summed E-state index contributed by atoms with van der Waals surface area (Å²) in [6.45, 7) is 1.47. The summed E-state index contributed by atoms with van der Waals surface area (Å²) in [5.41, 5.74) is 3.81. The van der Waals surface area contributed by atoms with E-state index < -0.39 is 47.2 Å². The number of nitro groups is 1. The number of phenolic OH excluding ortho intramolecular Hbond substituents is 1. The minimum atomic E-state index is -1.000. The second kappa shape index (κ2) is 13.1. The van der Waals surface area contributed by atoms with Crippen LogP contribution in [0, 0.1) is 27.9 Å². The monoisotopic (exact) mass is 616 g/mol. The molecule has 3 aromatic rings. The molecule has 1 aliphatic carbocycles. The third kappa shape index (κ3) is 6.04. The maximum Gasteiger partial charge on any atom is 0.271 e. The van der Waals surface area contributed by atoms with Crippen molar-refractivity contribution in [3.8, 4) is 5.75 Å². The number of carbonyl (C=O) groups is 2. The number of aromatic hydroxyl groups is 1. The van der Waals surface area contributed by atoms with E-state index in [1.807, 2.05) is 43.3 Å². The lowest BCUT2D eigenvalue weighted by Gasteiger charge is -2.36. The predicted octanol–water partition coefficient (Wildman–Crippen LogP) is 6.16. The highest BCUT2D eigenvalue weighted by atomic mass is 35.5. The first-order chi connectivity index (χ1) is 21.1. The van der Waals surface area contributed by atoms with Crippen molar-refractivity contribution in [3.63, 3.8) is 0 Å². The summed E-state index contributed by atoms with van der Waals surface area (Å²) >= 11 is 6.39. The molecule has 2 amide bonds. The third-order valence-electron chi connectivity index (χ3n) is 8.61. The summed E-state index contributed by atoms with van der Waals surface area (Å²) in [5, 5.41) is 43.7. The maximum atomic E-state index is 13.8. The number of hydrogen-bond donors (Lipinski definition) is 3. The Kier molecular flexibility index (Phi) is 9.29. The van der Waals surface area contributed by atoms with Gasteiger partial charge in [-0.3, -0.25) is 19.7 Å². The number of amides is 2. The number of halogens is 1. The Hall–Kier alpha value is -4.31. The van der Waals surface area contributed by atoms with Crippen LogP contribution in [0.15, 0.2) is 83.9 Å². The van der Waals surface area contributed by atoms with Crippen LogP contribution in [-0.4, -0.2) is 44.8 Å². The molecule has 0 spiro atoms. The maximum absolute atomic E-state index is 13.8. The average Bonchev–Trinajstić information content (AvgIpc) is 3.28. The molecule has 4 atom stereocenters. The normalized spacial score (nSPS) is 21.0. The van der Waals surface area contributed by atoms with Crippen molar-refractivity contribution in [1.82, 2.24) is 0 Å². The molecule has 2 aliphatic rings. The summed E-state index contributed by atoms with van der Waals surface area (Å²) < 4.78 is 0. The highest BCUT2D eigenvalue weighted by molar-refractivity contribution is 6.32. The Morgan fingerprint density at radius 2 is 1.84 bits per heavy atom. The molecule has 0 bridgehead atoms. The highest BCUT2D eigenvalue weighted by Crippen LogP contribution is 2.48. The van der Waals surface area contributed by atoms with Gasteiger partial charge in [-0.1, -0.05) is 60.5 Å². The van der Waals surface area contributed by atoms with E-state index in [2.05, 4.69) is 0 Å². The molecule has 0 unspecified atom stereocenters. The molecule has 1 aliphatic heterocycles. The van der Waals surface area contributed by atoms with E-state index in [4.69, 9.17) is 11.6 Å². The number of carbonyl (C=O) groups excluding carboxylic acids is 2. The first kappa shape index (κ1) is 31.1. The van der Waals surface area contributed by atoms with Crippen LogP contribution >= 0.6 is 11.6 Å². The zero-order valence-electron chi connectivity index (χ0n) is 24.1. The van der Waals surface area contributed by atoms with Gasteiger partial charge < -0.3 is 15.3 Å². The fourth-order valence-corrected chi connectivity index (χ4v) is 6.75. The Morgan fingerprint density at radius 3 is 2.50 bits per heavy atom. The van der Waals surface area contributed by atoms with Gasteiger partial charge in [0.1, 0.15) is 5.75 Å².